The molecule has 0 saturated heterocycles. The first-order chi connectivity index (χ1) is 10.1. The Morgan fingerprint density at radius 1 is 1.10 bits per heavy atom. The van der Waals surface area contributed by atoms with Gasteiger partial charge in [-0.15, -0.1) is 0 Å². The van der Waals surface area contributed by atoms with E-state index in [9.17, 15) is 14.4 Å². The van der Waals surface area contributed by atoms with Gasteiger partial charge in [0.15, 0.2) is 0 Å². The molecule has 0 radical (unpaired) electrons. The van der Waals surface area contributed by atoms with Crippen LogP contribution in [0.25, 0.3) is 0 Å². The van der Waals surface area contributed by atoms with Gasteiger partial charge < -0.3 is 15.6 Å². The molecule has 0 atom stereocenters. The molecular formula is C15H15N3O3. The number of likely N-dealkylation sites (N-methyl/N-ethyl adjacent to an activating group) is 1. The van der Waals surface area contributed by atoms with Crippen molar-refractivity contribution < 1.29 is 9.59 Å². The van der Waals surface area contributed by atoms with Crippen molar-refractivity contribution in [2.24, 2.45) is 0 Å². The Kier molecular flexibility index (Phi) is 4.50. The van der Waals surface area contributed by atoms with Crippen molar-refractivity contribution in [3.8, 4) is 0 Å². The quantitative estimate of drug-likeness (QED) is 0.780. The average molecular weight is 285 g/mol. The predicted molar refractivity (Wildman–Crippen MR) is 79.2 cm³/mol. The number of hydrogen-bond donors (Lipinski definition) is 3. The van der Waals surface area contributed by atoms with Gasteiger partial charge in [-0.2, -0.15) is 0 Å². The van der Waals surface area contributed by atoms with Crippen LogP contribution in [0.1, 0.15) is 16.1 Å². The van der Waals surface area contributed by atoms with Gasteiger partial charge in [0.2, 0.25) is 11.5 Å². The van der Waals surface area contributed by atoms with Gasteiger partial charge >= 0.3 is 0 Å². The average Bonchev–Trinajstić information content (AvgIpc) is 2.49. The van der Waals surface area contributed by atoms with Crippen molar-refractivity contribution in [2.75, 3.05) is 12.4 Å². The van der Waals surface area contributed by atoms with E-state index in [0.29, 0.717) is 5.69 Å². The summed E-state index contributed by atoms with van der Waals surface area (Å²) in [6, 6.07) is 11.3. The van der Waals surface area contributed by atoms with Crippen LogP contribution in [-0.2, 0) is 11.2 Å². The lowest BCUT2D eigenvalue weighted by molar-refractivity contribution is -0.119. The third-order valence-corrected chi connectivity index (χ3v) is 2.87. The first-order valence-electron chi connectivity index (χ1n) is 6.38. The number of benzene rings is 1. The second-order valence-corrected chi connectivity index (χ2v) is 4.43. The van der Waals surface area contributed by atoms with Gasteiger partial charge in [0, 0.05) is 18.8 Å². The minimum Gasteiger partial charge on any atom is -0.359 e. The summed E-state index contributed by atoms with van der Waals surface area (Å²) in [6.07, 6.45) is 0.288. The maximum Gasteiger partial charge on any atom is 0.272 e. The van der Waals surface area contributed by atoms with E-state index >= 15 is 0 Å². The summed E-state index contributed by atoms with van der Waals surface area (Å²) in [5.74, 6) is -0.472. The Morgan fingerprint density at radius 3 is 2.43 bits per heavy atom. The molecule has 0 aliphatic carbocycles. The molecule has 1 aromatic heterocycles. The number of nitrogens with one attached hydrogen (secondary N) is 3. The molecule has 2 amide bonds. The highest BCUT2D eigenvalue weighted by atomic mass is 16.2. The molecule has 1 aromatic carbocycles. The first kappa shape index (κ1) is 14.5. The van der Waals surface area contributed by atoms with E-state index in [1.165, 1.54) is 18.2 Å². The van der Waals surface area contributed by atoms with Gasteiger partial charge in [0.1, 0.15) is 5.69 Å². The third kappa shape index (κ3) is 4.04. The van der Waals surface area contributed by atoms with E-state index in [1.54, 1.807) is 31.3 Å². The van der Waals surface area contributed by atoms with Gasteiger partial charge in [0.05, 0.1) is 6.42 Å². The van der Waals surface area contributed by atoms with Crippen LogP contribution in [0.5, 0.6) is 0 Å². The minimum absolute atomic E-state index is 0.0753. The molecule has 0 saturated carbocycles. The van der Waals surface area contributed by atoms with E-state index < -0.39 is 5.91 Å². The summed E-state index contributed by atoms with van der Waals surface area (Å²) in [7, 11) is 1.58. The summed E-state index contributed by atoms with van der Waals surface area (Å²) in [6.45, 7) is 0. The molecule has 6 nitrogen and oxygen atoms in total. The molecule has 3 N–H and O–H groups in total. The van der Waals surface area contributed by atoms with E-state index in [1.807, 2.05) is 0 Å². The molecule has 21 heavy (non-hydrogen) atoms. The molecule has 0 aliphatic rings. The van der Waals surface area contributed by atoms with Crippen molar-refractivity contribution in [3.05, 3.63) is 64.1 Å². The van der Waals surface area contributed by atoms with Crippen LogP contribution in [0.3, 0.4) is 0 Å². The molecule has 0 bridgehead atoms. The van der Waals surface area contributed by atoms with Gasteiger partial charge in [-0.05, 0) is 23.8 Å². The largest absolute Gasteiger partial charge is 0.359 e. The first-order valence-corrected chi connectivity index (χ1v) is 6.38. The van der Waals surface area contributed by atoms with Gasteiger partial charge in [0.25, 0.3) is 5.91 Å². The molecule has 0 spiro atoms. The molecular weight excluding hydrogens is 270 g/mol. The molecule has 108 valence electrons. The Labute approximate surface area is 121 Å². The summed E-state index contributed by atoms with van der Waals surface area (Å²) in [4.78, 5) is 36.8. The Bertz CT molecular complexity index is 705. The fourth-order valence-corrected chi connectivity index (χ4v) is 1.76. The number of amides is 2. The predicted octanol–water partition coefficient (Wildman–Crippen LogP) is 0.916. The Hall–Kier alpha value is -2.89. The lowest BCUT2D eigenvalue weighted by Gasteiger charge is -2.06. The summed E-state index contributed by atoms with van der Waals surface area (Å²) >= 11 is 0. The number of aromatic amines is 1. The molecule has 0 aliphatic heterocycles. The smallest absolute Gasteiger partial charge is 0.272 e. The zero-order valence-electron chi connectivity index (χ0n) is 11.5. The van der Waals surface area contributed by atoms with Gasteiger partial charge in [-0.25, -0.2) is 0 Å². The highest BCUT2D eigenvalue weighted by molar-refractivity contribution is 6.02. The topological polar surface area (TPSA) is 91.1 Å². The molecule has 1 heterocycles. The number of carbonyl (C=O) groups excluding carboxylic acids is 2. The van der Waals surface area contributed by atoms with E-state index in [0.717, 1.165) is 5.56 Å². The number of H-pyrrole nitrogens is 1. The van der Waals surface area contributed by atoms with E-state index in [4.69, 9.17) is 0 Å². The van der Waals surface area contributed by atoms with Crippen LogP contribution < -0.4 is 16.2 Å². The van der Waals surface area contributed by atoms with Crippen LogP contribution in [0.4, 0.5) is 5.69 Å². The van der Waals surface area contributed by atoms with Gasteiger partial charge in [-0.1, -0.05) is 18.2 Å². The van der Waals surface area contributed by atoms with Crippen molar-refractivity contribution in [1.29, 1.82) is 0 Å². The molecule has 6 heteroatoms. The monoisotopic (exact) mass is 285 g/mol. The van der Waals surface area contributed by atoms with Gasteiger partial charge in [-0.3, -0.25) is 14.4 Å². The number of anilines is 1. The number of aromatic nitrogens is 1. The second kappa shape index (κ2) is 6.51. The highest BCUT2D eigenvalue weighted by Crippen LogP contribution is 2.11. The molecule has 0 unspecified atom stereocenters. The highest BCUT2D eigenvalue weighted by Gasteiger charge is 2.07. The maximum absolute atomic E-state index is 11.9. The molecule has 2 rings (SSSR count). The third-order valence-electron chi connectivity index (χ3n) is 2.87. The fraction of sp³-hybridized carbons (Fsp3) is 0.133. The SMILES string of the molecule is CNC(=O)Cc1ccc(NC(=O)c2cccc(=O)[nH]2)cc1. The maximum atomic E-state index is 11.9. The van der Waals surface area contributed by atoms with Crippen molar-refractivity contribution in [3.63, 3.8) is 0 Å². The number of hydrogen-bond acceptors (Lipinski definition) is 3. The molecule has 0 fully saturated rings. The van der Waals surface area contributed by atoms with Crippen molar-refractivity contribution in [1.82, 2.24) is 10.3 Å². The van der Waals surface area contributed by atoms with Crippen LogP contribution in [0, 0.1) is 0 Å². The summed E-state index contributed by atoms with van der Waals surface area (Å²) in [5, 5.41) is 5.21. The van der Waals surface area contributed by atoms with E-state index in [2.05, 4.69) is 15.6 Å². The number of pyridine rings is 1. The zero-order valence-corrected chi connectivity index (χ0v) is 11.5. The fourth-order valence-electron chi connectivity index (χ4n) is 1.76. The second-order valence-electron chi connectivity index (χ2n) is 4.43. The standard InChI is InChI=1S/C15H15N3O3/c1-16-14(20)9-10-5-7-11(8-6-10)17-15(21)12-3-2-4-13(19)18-12/h2-8H,9H2,1H3,(H,16,20)(H,17,21)(H,18,19). The minimum atomic E-state index is -0.397. The van der Waals surface area contributed by atoms with Crippen molar-refractivity contribution >= 4 is 17.5 Å². The number of rotatable bonds is 4. The lowest BCUT2D eigenvalue weighted by Crippen LogP contribution is -2.20. The Morgan fingerprint density at radius 2 is 1.81 bits per heavy atom. The lowest BCUT2D eigenvalue weighted by atomic mass is 10.1. The van der Waals surface area contributed by atoms with Crippen LogP contribution >= 0.6 is 0 Å². The summed E-state index contributed by atoms with van der Waals surface area (Å²) < 4.78 is 0. The zero-order chi connectivity index (χ0) is 15.2. The molecule has 2 aromatic rings. The van der Waals surface area contributed by atoms with Crippen LogP contribution in [-0.4, -0.2) is 23.8 Å². The Balaban J connectivity index is 2.05. The van der Waals surface area contributed by atoms with E-state index in [-0.39, 0.29) is 23.6 Å². The van der Waals surface area contributed by atoms with Crippen LogP contribution in [0.15, 0.2) is 47.3 Å². The summed E-state index contributed by atoms with van der Waals surface area (Å²) in [5.41, 5.74) is 1.30. The van der Waals surface area contributed by atoms with Crippen LogP contribution in [0.2, 0.25) is 0 Å². The van der Waals surface area contributed by atoms with Crippen molar-refractivity contribution in [2.45, 2.75) is 6.42 Å². The number of carbonyl (C=O) groups is 2. The normalized spacial score (nSPS) is 9.95.